The summed E-state index contributed by atoms with van der Waals surface area (Å²) in [6, 6.07) is 10.0. The molecule has 0 radical (unpaired) electrons. The van der Waals surface area contributed by atoms with E-state index in [0.717, 1.165) is 12.3 Å². The first-order valence-corrected chi connectivity index (χ1v) is 9.01. The second kappa shape index (κ2) is 6.12. The van der Waals surface area contributed by atoms with Crippen molar-refractivity contribution in [1.29, 1.82) is 0 Å². The van der Waals surface area contributed by atoms with E-state index in [-0.39, 0.29) is 18.7 Å². The van der Waals surface area contributed by atoms with Crippen molar-refractivity contribution in [2.75, 3.05) is 29.0 Å². The highest BCUT2D eigenvalue weighted by atomic mass is 32.2. The van der Waals surface area contributed by atoms with Gasteiger partial charge in [-0.15, -0.1) is 0 Å². The van der Waals surface area contributed by atoms with Crippen LogP contribution in [0.3, 0.4) is 0 Å². The van der Waals surface area contributed by atoms with Gasteiger partial charge in [-0.2, -0.15) is 0 Å². The molecule has 2 aromatic rings. The highest BCUT2D eigenvalue weighted by Gasteiger charge is 2.25. The van der Waals surface area contributed by atoms with Crippen LogP contribution in [0.1, 0.15) is 10.4 Å². The quantitative estimate of drug-likeness (QED) is 0.921. The molecule has 126 valence electrons. The maximum Gasteiger partial charge on any atom is 0.255 e. The number of hydrogen-bond acceptors (Lipinski definition) is 4. The smallest absolute Gasteiger partial charge is 0.255 e. The zero-order valence-corrected chi connectivity index (χ0v) is 13.6. The van der Waals surface area contributed by atoms with Gasteiger partial charge >= 0.3 is 0 Å². The zero-order valence-electron chi connectivity index (χ0n) is 12.8. The number of hydrogen-bond donors (Lipinski definition) is 1. The predicted octanol–water partition coefficient (Wildman–Crippen LogP) is 2.24. The van der Waals surface area contributed by atoms with Gasteiger partial charge in [-0.3, -0.25) is 9.10 Å². The molecule has 1 heterocycles. The summed E-state index contributed by atoms with van der Waals surface area (Å²) in [6.45, 7) is 0.461. The van der Waals surface area contributed by atoms with Gasteiger partial charge in [0.05, 0.1) is 18.5 Å². The van der Waals surface area contributed by atoms with Gasteiger partial charge in [0.25, 0.3) is 5.91 Å². The van der Waals surface area contributed by atoms with Gasteiger partial charge in [-0.05, 0) is 36.4 Å². The lowest BCUT2D eigenvalue weighted by Gasteiger charge is -2.29. The molecule has 24 heavy (non-hydrogen) atoms. The van der Waals surface area contributed by atoms with Crippen LogP contribution in [-0.2, 0) is 10.0 Å². The normalized spacial score (nSPS) is 13.8. The van der Waals surface area contributed by atoms with E-state index in [2.05, 4.69) is 5.32 Å². The summed E-state index contributed by atoms with van der Waals surface area (Å²) >= 11 is 0. The van der Waals surface area contributed by atoms with Gasteiger partial charge in [-0.25, -0.2) is 12.8 Å². The Morgan fingerprint density at radius 1 is 1.25 bits per heavy atom. The summed E-state index contributed by atoms with van der Waals surface area (Å²) in [5, 5.41) is 2.62. The van der Waals surface area contributed by atoms with Crippen LogP contribution < -0.4 is 14.4 Å². The second-order valence-electron chi connectivity index (χ2n) is 5.33. The number of ether oxygens (including phenoxy) is 1. The van der Waals surface area contributed by atoms with Gasteiger partial charge in [0.15, 0.2) is 0 Å². The van der Waals surface area contributed by atoms with Crippen LogP contribution in [0.2, 0.25) is 0 Å². The topological polar surface area (TPSA) is 75.7 Å². The standard InChI is InChI=1S/C16H15FN2O4S/c1-24(21,22)19-7-8-23-15-6-5-13(10-14(15)19)18-16(20)11-3-2-4-12(17)9-11/h2-6,9-10H,7-8H2,1H3,(H,18,20). The molecule has 0 aliphatic carbocycles. The minimum absolute atomic E-state index is 0.170. The summed E-state index contributed by atoms with van der Waals surface area (Å²) in [5.74, 6) is -0.572. The average molecular weight is 350 g/mol. The third kappa shape index (κ3) is 3.33. The molecule has 1 aliphatic heterocycles. The molecule has 1 N–H and O–H groups in total. The van der Waals surface area contributed by atoms with E-state index in [0.29, 0.717) is 17.1 Å². The van der Waals surface area contributed by atoms with E-state index in [1.54, 1.807) is 12.1 Å². The summed E-state index contributed by atoms with van der Waals surface area (Å²) < 4.78 is 43.6. The number of fused-ring (bicyclic) bond motifs is 1. The molecule has 0 bridgehead atoms. The van der Waals surface area contributed by atoms with Crippen LogP contribution in [0.15, 0.2) is 42.5 Å². The number of carbonyl (C=O) groups is 1. The first kappa shape index (κ1) is 16.3. The monoisotopic (exact) mass is 350 g/mol. The van der Waals surface area contributed by atoms with Crippen LogP contribution in [0.4, 0.5) is 15.8 Å². The van der Waals surface area contributed by atoms with E-state index in [1.165, 1.54) is 28.6 Å². The number of amides is 1. The van der Waals surface area contributed by atoms with Crippen molar-refractivity contribution < 1.29 is 22.3 Å². The van der Waals surface area contributed by atoms with Gasteiger partial charge in [0.1, 0.15) is 18.2 Å². The molecule has 0 saturated heterocycles. The lowest BCUT2D eigenvalue weighted by atomic mass is 10.2. The Bertz CT molecular complexity index is 899. The van der Waals surface area contributed by atoms with Gasteiger partial charge in [0.2, 0.25) is 10.0 Å². The first-order chi connectivity index (χ1) is 11.3. The van der Waals surface area contributed by atoms with E-state index in [1.807, 2.05) is 0 Å². The van der Waals surface area contributed by atoms with E-state index in [4.69, 9.17) is 4.74 Å². The third-order valence-corrected chi connectivity index (χ3v) is 4.70. The first-order valence-electron chi connectivity index (χ1n) is 7.16. The number of sulfonamides is 1. The van der Waals surface area contributed by atoms with E-state index >= 15 is 0 Å². The average Bonchev–Trinajstić information content (AvgIpc) is 2.53. The van der Waals surface area contributed by atoms with Crippen molar-refractivity contribution in [3.05, 3.63) is 53.8 Å². The maximum atomic E-state index is 13.2. The highest BCUT2D eigenvalue weighted by molar-refractivity contribution is 7.92. The number of benzene rings is 2. The molecular weight excluding hydrogens is 335 g/mol. The van der Waals surface area contributed by atoms with Crippen LogP contribution in [-0.4, -0.2) is 33.7 Å². The van der Waals surface area contributed by atoms with Crippen molar-refractivity contribution in [2.24, 2.45) is 0 Å². The molecule has 0 unspecified atom stereocenters. The fourth-order valence-corrected chi connectivity index (χ4v) is 3.35. The van der Waals surface area contributed by atoms with Gasteiger partial charge in [-0.1, -0.05) is 6.07 Å². The molecule has 3 rings (SSSR count). The molecule has 1 aliphatic rings. The molecular formula is C16H15FN2O4S. The maximum absolute atomic E-state index is 13.2. The largest absolute Gasteiger partial charge is 0.489 e. The summed E-state index contributed by atoms with van der Waals surface area (Å²) in [4.78, 5) is 12.2. The third-order valence-electron chi connectivity index (χ3n) is 3.52. The highest BCUT2D eigenvalue weighted by Crippen LogP contribution is 2.35. The lowest BCUT2D eigenvalue weighted by molar-refractivity contribution is 0.102. The van der Waals surface area contributed by atoms with Crippen molar-refractivity contribution >= 4 is 27.3 Å². The number of nitrogens with one attached hydrogen (secondary N) is 1. The summed E-state index contributed by atoms with van der Waals surface area (Å²) in [6.07, 6.45) is 1.11. The van der Waals surface area contributed by atoms with Crippen LogP contribution >= 0.6 is 0 Å². The Kier molecular flexibility index (Phi) is 4.15. The number of nitrogens with zero attached hydrogens (tertiary/aromatic N) is 1. The molecule has 0 aromatic heterocycles. The van der Waals surface area contributed by atoms with E-state index < -0.39 is 21.7 Å². The summed E-state index contributed by atoms with van der Waals surface area (Å²) in [5.41, 5.74) is 0.923. The summed E-state index contributed by atoms with van der Waals surface area (Å²) in [7, 11) is -3.45. The molecule has 0 fully saturated rings. The molecule has 0 atom stereocenters. The SMILES string of the molecule is CS(=O)(=O)N1CCOc2ccc(NC(=O)c3cccc(F)c3)cc21. The number of rotatable bonds is 3. The van der Waals surface area contributed by atoms with Crippen molar-refractivity contribution in [3.63, 3.8) is 0 Å². The van der Waals surface area contributed by atoms with Crippen LogP contribution in [0.5, 0.6) is 5.75 Å². The molecule has 6 nitrogen and oxygen atoms in total. The molecule has 1 amide bonds. The second-order valence-corrected chi connectivity index (χ2v) is 7.24. The van der Waals surface area contributed by atoms with Crippen molar-refractivity contribution in [3.8, 4) is 5.75 Å². The fourth-order valence-electron chi connectivity index (χ4n) is 2.45. The fraction of sp³-hybridized carbons (Fsp3) is 0.188. The molecule has 0 spiro atoms. The number of halogens is 1. The predicted molar refractivity (Wildman–Crippen MR) is 88.5 cm³/mol. The Labute approximate surface area is 138 Å². The van der Waals surface area contributed by atoms with Crippen LogP contribution in [0, 0.1) is 5.82 Å². The Morgan fingerprint density at radius 3 is 2.75 bits per heavy atom. The number of anilines is 2. The lowest BCUT2D eigenvalue weighted by Crippen LogP contribution is -2.37. The Hall–Kier alpha value is -2.61. The number of carbonyl (C=O) groups excluding carboxylic acids is 1. The minimum atomic E-state index is -3.45. The minimum Gasteiger partial charge on any atom is -0.489 e. The zero-order chi connectivity index (χ0) is 17.3. The Morgan fingerprint density at radius 2 is 2.04 bits per heavy atom. The van der Waals surface area contributed by atoms with E-state index in [9.17, 15) is 17.6 Å². The molecule has 0 saturated carbocycles. The molecule has 2 aromatic carbocycles. The van der Waals surface area contributed by atoms with Crippen molar-refractivity contribution in [1.82, 2.24) is 0 Å². The van der Waals surface area contributed by atoms with Gasteiger partial charge in [0, 0.05) is 11.3 Å². The van der Waals surface area contributed by atoms with Crippen molar-refractivity contribution in [2.45, 2.75) is 0 Å². The molecule has 8 heteroatoms. The van der Waals surface area contributed by atoms with Gasteiger partial charge < -0.3 is 10.1 Å². The Balaban J connectivity index is 1.89. The van der Waals surface area contributed by atoms with Crippen LogP contribution in [0.25, 0.3) is 0 Å².